The van der Waals surface area contributed by atoms with Gasteiger partial charge in [-0.1, -0.05) is 29.8 Å². The second-order valence-corrected chi connectivity index (χ2v) is 8.61. The smallest absolute Gasteiger partial charge is 0.340 e. The highest BCUT2D eigenvalue weighted by molar-refractivity contribution is 6.02. The standard InChI is InChI=1S/C26H23NO6/c1-14-5-7-16(8-6-14)20-13-32-22-12-23-17(10-19(20)22)15(2)18(26(31)33-23)11-24(28)27-9-3-4-21(27)25(29)30/h5-8,10,12-13,21H,3-4,9,11H2,1-2H3,(H,29,30)/t21-/m0/s1. The molecule has 4 aromatic rings. The Hall–Kier alpha value is -3.87. The number of likely N-dealkylation sites (tertiary alicyclic amines) is 1. The lowest BCUT2D eigenvalue weighted by atomic mass is 9.99. The number of nitrogens with zero attached hydrogens (tertiary/aromatic N) is 1. The highest BCUT2D eigenvalue weighted by Gasteiger charge is 2.34. The third-order valence-corrected chi connectivity index (χ3v) is 6.53. The average Bonchev–Trinajstić information content (AvgIpc) is 3.43. The number of carboxylic acids is 1. The van der Waals surface area contributed by atoms with E-state index in [2.05, 4.69) is 0 Å². The predicted molar refractivity (Wildman–Crippen MR) is 123 cm³/mol. The number of fused-ring (bicyclic) bond motifs is 2. The van der Waals surface area contributed by atoms with E-state index in [1.54, 1.807) is 19.3 Å². The van der Waals surface area contributed by atoms with Crippen molar-refractivity contribution in [2.75, 3.05) is 6.54 Å². The van der Waals surface area contributed by atoms with Gasteiger partial charge in [0.05, 0.1) is 18.2 Å². The quantitative estimate of drug-likeness (QED) is 0.466. The van der Waals surface area contributed by atoms with Crippen LogP contribution in [0.2, 0.25) is 0 Å². The zero-order chi connectivity index (χ0) is 23.3. The fourth-order valence-electron chi connectivity index (χ4n) is 4.65. The predicted octanol–water partition coefficient (Wildman–Crippen LogP) is 4.44. The Balaban J connectivity index is 1.58. The zero-order valence-electron chi connectivity index (χ0n) is 18.4. The molecule has 0 spiro atoms. The molecule has 0 saturated carbocycles. The Morgan fingerprint density at radius 1 is 1.09 bits per heavy atom. The molecule has 7 heteroatoms. The lowest BCUT2D eigenvalue weighted by Crippen LogP contribution is -2.41. The second-order valence-electron chi connectivity index (χ2n) is 8.61. The number of rotatable bonds is 4. The van der Waals surface area contributed by atoms with Crippen molar-refractivity contribution >= 4 is 33.8 Å². The molecule has 33 heavy (non-hydrogen) atoms. The Labute approximate surface area is 189 Å². The molecule has 0 bridgehead atoms. The van der Waals surface area contributed by atoms with E-state index in [0.29, 0.717) is 36.1 Å². The fraction of sp³-hybridized carbons (Fsp3) is 0.269. The zero-order valence-corrected chi connectivity index (χ0v) is 18.4. The Bertz CT molecular complexity index is 1460. The summed E-state index contributed by atoms with van der Waals surface area (Å²) in [7, 11) is 0. The van der Waals surface area contributed by atoms with Crippen LogP contribution < -0.4 is 5.63 Å². The van der Waals surface area contributed by atoms with Gasteiger partial charge in [0, 0.05) is 28.9 Å². The van der Waals surface area contributed by atoms with Gasteiger partial charge in [0.15, 0.2) is 0 Å². The molecule has 1 amide bonds. The lowest BCUT2D eigenvalue weighted by molar-refractivity contribution is -0.148. The van der Waals surface area contributed by atoms with Crippen LogP contribution in [0.4, 0.5) is 0 Å². The summed E-state index contributed by atoms with van der Waals surface area (Å²) in [6, 6.07) is 10.9. The number of furan rings is 1. The lowest BCUT2D eigenvalue weighted by Gasteiger charge is -2.21. The van der Waals surface area contributed by atoms with E-state index in [0.717, 1.165) is 27.5 Å². The van der Waals surface area contributed by atoms with Crippen LogP contribution in [-0.4, -0.2) is 34.5 Å². The summed E-state index contributed by atoms with van der Waals surface area (Å²) in [5.74, 6) is -1.39. The number of carboxylic acid groups (broad SMARTS) is 1. The summed E-state index contributed by atoms with van der Waals surface area (Å²) in [6.07, 6.45) is 2.55. The van der Waals surface area contributed by atoms with Crippen molar-refractivity contribution in [1.82, 2.24) is 4.90 Å². The summed E-state index contributed by atoms with van der Waals surface area (Å²) in [5, 5.41) is 11.0. The van der Waals surface area contributed by atoms with Gasteiger partial charge in [-0.3, -0.25) is 4.79 Å². The first-order chi connectivity index (χ1) is 15.8. The highest BCUT2D eigenvalue weighted by Crippen LogP contribution is 2.35. The molecule has 1 atom stereocenters. The molecule has 1 N–H and O–H groups in total. The first kappa shape index (κ1) is 21.0. The van der Waals surface area contributed by atoms with Gasteiger partial charge in [0.1, 0.15) is 17.2 Å². The van der Waals surface area contributed by atoms with Crippen LogP contribution in [-0.2, 0) is 16.0 Å². The van der Waals surface area contributed by atoms with E-state index >= 15 is 0 Å². The van der Waals surface area contributed by atoms with Crippen molar-refractivity contribution in [3.63, 3.8) is 0 Å². The van der Waals surface area contributed by atoms with Crippen molar-refractivity contribution in [2.24, 2.45) is 0 Å². The van der Waals surface area contributed by atoms with Gasteiger partial charge in [-0.05, 0) is 43.9 Å². The molecule has 168 valence electrons. The van der Waals surface area contributed by atoms with Gasteiger partial charge < -0.3 is 18.8 Å². The van der Waals surface area contributed by atoms with E-state index in [4.69, 9.17) is 8.83 Å². The molecule has 2 aromatic heterocycles. The number of hydrogen-bond donors (Lipinski definition) is 1. The minimum Gasteiger partial charge on any atom is -0.480 e. The number of aliphatic carboxylic acids is 1. The molecular weight excluding hydrogens is 422 g/mol. The molecular formula is C26H23NO6. The maximum atomic E-state index is 12.9. The van der Waals surface area contributed by atoms with Crippen LogP contribution in [0, 0.1) is 13.8 Å². The van der Waals surface area contributed by atoms with Crippen LogP contribution in [0.15, 0.2) is 56.3 Å². The maximum absolute atomic E-state index is 12.9. The number of benzene rings is 2. The third kappa shape index (κ3) is 3.59. The monoisotopic (exact) mass is 445 g/mol. The molecule has 0 radical (unpaired) electrons. The van der Waals surface area contributed by atoms with Crippen molar-refractivity contribution < 1.29 is 23.5 Å². The molecule has 1 aliphatic heterocycles. The molecule has 1 saturated heterocycles. The van der Waals surface area contributed by atoms with Gasteiger partial charge in [-0.2, -0.15) is 0 Å². The van der Waals surface area contributed by atoms with E-state index in [1.807, 2.05) is 37.3 Å². The molecule has 0 unspecified atom stereocenters. The van der Waals surface area contributed by atoms with Crippen LogP contribution >= 0.6 is 0 Å². The van der Waals surface area contributed by atoms with Crippen LogP contribution in [0.25, 0.3) is 33.1 Å². The third-order valence-electron chi connectivity index (χ3n) is 6.53. The summed E-state index contributed by atoms with van der Waals surface area (Å²) < 4.78 is 11.3. The number of aryl methyl sites for hydroxylation is 2. The molecule has 1 aliphatic rings. The van der Waals surface area contributed by atoms with Gasteiger partial charge in [0.25, 0.3) is 0 Å². The molecule has 7 nitrogen and oxygen atoms in total. The first-order valence-corrected chi connectivity index (χ1v) is 10.9. The van der Waals surface area contributed by atoms with Crippen LogP contribution in [0.5, 0.6) is 0 Å². The minimum absolute atomic E-state index is 0.192. The molecule has 1 fully saturated rings. The number of amides is 1. The van der Waals surface area contributed by atoms with Crippen LogP contribution in [0.1, 0.15) is 29.5 Å². The van der Waals surface area contributed by atoms with Gasteiger partial charge in [0.2, 0.25) is 5.91 Å². The van der Waals surface area contributed by atoms with E-state index in [-0.39, 0.29) is 17.9 Å². The Morgan fingerprint density at radius 3 is 2.58 bits per heavy atom. The summed E-state index contributed by atoms with van der Waals surface area (Å²) in [5.41, 5.74) is 4.40. The molecule has 2 aromatic carbocycles. The van der Waals surface area contributed by atoms with Crippen molar-refractivity contribution in [1.29, 1.82) is 0 Å². The maximum Gasteiger partial charge on any atom is 0.340 e. The number of hydrogen-bond acceptors (Lipinski definition) is 5. The van der Waals surface area contributed by atoms with Crippen molar-refractivity contribution in [3.8, 4) is 11.1 Å². The van der Waals surface area contributed by atoms with Gasteiger partial charge in [-0.15, -0.1) is 0 Å². The Kier molecular flexibility index (Phi) is 5.04. The summed E-state index contributed by atoms with van der Waals surface area (Å²) in [4.78, 5) is 38.4. The van der Waals surface area contributed by atoms with Crippen LogP contribution in [0.3, 0.4) is 0 Å². The molecule has 3 heterocycles. The average molecular weight is 445 g/mol. The SMILES string of the molecule is Cc1ccc(-c2coc3cc4oc(=O)c(CC(=O)N5CCC[C@H]5C(=O)O)c(C)c4cc23)cc1. The largest absolute Gasteiger partial charge is 0.480 e. The van der Waals surface area contributed by atoms with E-state index < -0.39 is 17.6 Å². The minimum atomic E-state index is -1.02. The van der Waals surface area contributed by atoms with Gasteiger partial charge >= 0.3 is 11.6 Å². The molecule has 0 aliphatic carbocycles. The summed E-state index contributed by atoms with van der Waals surface area (Å²) in [6.45, 7) is 4.20. The van der Waals surface area contributed by atoms with Gasteiger partial charge in [-0.25, -0.2) is 9.59 Å². The van der Waals surface area contributed by atoms with Crippen molar-refractivity contribution in [3.05, 3.63) is 69.8 Å². The van der Waals surface area contributed by atoms with E-state index in [9.17, 15) is 19.5 Å². The summed E-state index contributed by atoms with van der Waals surface area (Å²) >= 11 is 0. The molecule has 5 rings (SSSR count). The van der Waals surface area contributed by atoms with Crippen molar-refractivity contribution in [2.45, 2.75) is 39.2 Å². The highest BCUT2D eigenvalue weighted by atomic mass is 16.4. The topological polar surface area (TPSA) is 101 Å². The second kappa shape index (κ2) is 7.92. The first-order valence-electron chi connectivity index (χ1n) is 10.9. The Morgan fingerprint density at radius 2 is 1.85 bits per heavy atom. The van der Waals surface area contributed by atoms with E-state index in [1.165, 1.54) is 4.90 Å². The number of carbonyl (C=O) groups excluding carboxylic acids is 1. The fourth-order valence-corrected chi connectivity index (χ4v) is 4.65. The number of carbonyl (C=O) groups is 2. The normalized spacial score (nSPS) is 16.1.